The van der Waals surface area contributed by atoms with Crippen LogP contribution in [0.25, 0.3) is 11.1 Å². The van der Waals surface area contributed by atoms with Gasteiger partial charge in [-0.25, -0.2) is 0 Å². The van der Waals surface area contributed by atoms with Gasteiger partial charge < -0.3 is 14.8 Å². The summed E-state index contributed by atoms with van der Waals surface area (Å²) in [4.78, 5) is 0. The second-order valence-electron chi connectivity index (χ2n) is 3.78. The maximum atomic E-state index is 9.56. The number of halogens is 1. The van der Waals surface area contributed by atoms with Crippen molar-refractivity contribution in [1.29, 1.82) is 0 Å². The van der Waals surface area contributed by atoms with Crippen LogP contribution in [-0.4, -0.2) is 24.3 Å². The second-order valence-corrected chi connectivity index (χ2v) is 4.64. The molecule has 2 aromatic rings. The van der Waals surface area contributed by atoms with Crippen molar-refractivity contribution in [3.8, 4) is 16.9 Å². The lowest BCUT2D eigenvalue weighted by atomic mass is 9.74. The largest absolute Gasteiger partial charge is 0.496 e. The molecule has 0 fully saturated rings. The number of ether oxygens (including phenoxy) is 1. The predicted octanol–water partition coefficient (Wildman–Crippen LogP) is 1.80. The maximum absolute atomic E-state index is 9.56. The molecule has 2 aromatic carbocycles. The van der Waals surface area contributed by atoms with E-state index in [2.05, 4.69) is 15.9 Å². The molecular formula is C13H12BBrO3. The Kier molecular flexibility index (Phi) is 4.06. The molecule has 0 aromatic heterocycles. The molecule has 92 valence electrons. The van der Waals surface area contributed by atoms with Gasteiger partial charge in [0.15, 0.2) is 0 Å². The molecule has 0 amide bonds. The first-order chi connectivity index (χ1) is 8.65. The molecular weight excluding hydrogens is 295 g/mol. The average Bonchev–Trinajstić information content (AvgIpc) is 2.39. The monoisotopic (exact) mass is 306 g/mol. The van der Waals surface area contributed by atoms with Crippen molar-refractivity contribution < 1.29 is 14.8 Å². The van der Waals surface area contributed by atoms with Crippen molar-refractivity contribution in [3.05, 3.63) is 46.9 Å². The Hall–Kier alpha value is -1.30. The first-order valence-electron chi connectivity index (χ1n) is 5.43. The summed E-state index contributed by atoms with van der Waals surface area (Å²) in [7, 11) is -0.0894. The summed E-state index contributed by atoms with van der Waals surface area (Å²) in [5, 5.41) is 19.1. The standard InChI is InChI=1S/C13H12BBrO3/c1-18-13-11(15)8-7-10(12(13)14(16)17)9-5-3-2-4-6-9/h2-8,16-17H,1H3. The van der Waals surface area contributed by atoms with Gasteiger partial charge in [-0.05, 0) is 33.1 Å². The van der Waals surface area contributed by atoms with E-state index >= 15 is 0 Å². The highest BCUT2D eigenvalue weighted by atomic mass is 79.9. The van der Waals surface area contributed by atoms with Gasteiger partial charge in [-0.1, -0.05) is 36.4 Å². The van der Waals surface area contributed by atoms with E-state index in [9.17, 15) is 10.0 Å². The smallest absolute Gasteiger partial charge is 0.492 e. The molecule has 0 saturated heterocycles. The van der Waals surface area contributed by atoms with Gasteiger partial charge >= 0.3 is 7.12 Å². The molecule has 0 bridgehead atoms. The highest BCUT2D eigenvalue weighted by Crippen LogP contribution is 2.28. The van der Waals surface area contributed by atoms with Crippen LogP contribution in [0.3, 0.4) is 0 Å². The normalized spacial score (nSPS) is 10.2. The average molecular weight is 307 g/mol. The zero-order chi connectivity index (χ0) is 13.1. The van der Waals surface area contributed by atoms with Gasteiger partial charge in [-0.2, -0.15) is 0 Å². The number of hydrogen-bond acceptors (Lipinski definition) is 3. The zero-order valence-electron chi connectivity index (χ0n) is 9.80. The fourth-order valence-corrected chi connectivity index (χ4v) is 2.41. The third-order valence-electron chi connectivity index (χ3n) is 2.70. The molecule has 3 nitrogen and oxygen atoms in total. The van der Waals surface area contributed by atoms with E-state index in [1.807, 2.05) is 42.5 Å². The predicted molar refractivity (Wildman–Crippen MR) is 76.0 cm³/mol. The minimum Gasteiger partial charge on any atom is -0.496 e. The molecule has 0 saturated carbocycles. The van der Waals surface area contributed by atoms with Gasteiger partial charge in [0.25, 0.3) is 0 Å². The molecule has 0 atom stereocenters. The first-order valence-corrected chi connectivity index (χ1v) is 6.22. The third-order valence-corrected chi connectivity index (χ3v) is 3.32. The summed E-state index contributed by atoms with van der Waals surface area (Å²) in [5.41, 5.74) is 2.01. The Balaban J connectivity index is 2.68. The lowest BCUT2D eigenvalue weighted by Gasteiger charge is -2.15. The van der Waals surface area contributed by atoms with Crippen LogP contribution in [0, 0.1) is 0 Å². The number of hydrogen-bond donors (Lipinski definition) is 2. The fraction of sp³-hybridized carbons (Fsp3) is 0.0769. The fourth-order valence-electron chi connectivity index (χ4n) is 1.91. The first kappa shape index (κ1) is 13.1. The lowest BCUT2D eigenvalue weighted by molar-refractivity contribution is 0.402. The van der Waals surface area contributed by atoms with Crippen LogP contribution < -0.4 is 10.2 Å². The van der Waals surface area contributed by atoms with E-state index in [0.29, 0.717) is 15.7 Å². The van der Waals surface area contributed by atoms with Gasteiger partial charge in [0, 0.05) is 5.46 Å². The van der Waals surface area contributed by atoms with Crippen molar-refractivity contribution in [1.82, 2.24) is 0 Å². The van der Waals surface area contributed by atoms with Crippen LogP contribution in [0.2, 0.25) is 0 Å². The van der Waals surface area contributed by atoms with Crippen molar-refractivity contribution in [2.45, 2.75) is 0 Å². The van der Waals surface area contributed by atoms with Crippen molar-refractivity contribution in [2.75, 3.05) is 7.11 Å². The summed E-state index contributed by atoms with van der Waals surface area (Å²) in [6.07, 6.45) is 0. The summed E-state index contributed by atoms with van der Waals surface area (Å²) in [5.74, 6) is 0.436. The SMILES string of the molecule is COc1c(Br)ccc(-c2ccccc2)c1B(O)O. The minimum atomic E-state index is -1.59. The molecule has 0 aliphatic heterocycles. The van der Waals surface area contributed by atoms with Gasteiger partial charge in [-0.3, -0.25) is 0 Å². The molecule has 2 N–H and O–H groups in total. The summed E-state index contributed by atoms with van der Waals surface area (Å²) in [6, 6.07) is 13.2. The van der Waals surface area contributed by atoms with E-state index < -0.39 is 7.12 Å². The van der Waals surface area contributed by atoms with E-state index in [0.717, 1.165) is 11.1 Å². The van der Waals surface area contributed by atoms with Crippen molar-refractivity contribution >= 4 is 28.5 Å². The molecule has 5 heteroatoms. The van der Waals surface area contributed by atoms with Gasteiger partial charge in [0.2, 0.25) is 0 Å². The zero-order valence-corrected chi connectivity index (χ0v) is 11.4. The highest BCUT2D eigenvalue weighted by Gasteiger charge is 2.24. The molecule has 0 heterocycles. The Morgan fingerprint density at radius 1 is 1.06 bits per heavy atom. The van der Waals surface area contributed by atoms with E-state index in [-0.39, 0.29) is 0 Å². The molecule has 0 spiro atoms. The molecule has 0 aliphatic carbocycles. The van der Waals surface area contributed by atoms with Crippen LogP contribution in [0.1, 0.15) is 0 Å². The minimum absolute atomic E-state index is 0.359. The number of benzene rings is 2. The molecule has 2 rings (SSSR count). The molecule has 18 heavy (non-hydrogen) atoms. The van der Waals surface area contributed by atoms with Crippen LogP contribution in [0.15, 0.2) is 46.9 Å². The van der Waals surface area contributed by atoms with Crippen LogP contribution in [0.5, 0.6) is 5.75 Å². The topological polar surface area (TPSA) is 49.7 Å². The van der Waals surface area contributed by atoms with Crippen LogP contribution in [0.4, 0.5) is 0 Å². The van der Waals surface area contributed by atoms with Crippen molar-refractivity contribution in [2.24, 2.45) is 0 Å². The quantitative estimate of drug-likeness (QED) is 0.850. The molecule has 0 unspecified atom stereocenters. The van der Waals surface area contributed by atoms with Gasteiger partial charge in [0.05, 0.1) is 11.6 Å². The summed E-state index contributed by atoms with van der Waals surface area (Å²) >= 11 is 3.34. The summed E-state index contributed by atoms with van der Waals surface area (Å²) < 4.78 is 5.92. The highest BCUT2D eigenvalue weighted by molar-refractivity contribution is 9.10. The Morgan fingerprint density at radius 3 is 2.28 bits per heavy atom. The molecule has 0 aliphatic rings. The summed E-state index contributed by atoms with van der Waals surface area (Å²) in [6.45, 7) is 0. The number of rotatable bonds is 3. The van der Waals surface area contributed by atoms with E-state index in [1.54, 1.807) is 0 Å². The van der Waals surface area contributed by atoms with E-state index in [1.165, 1.54) is 7.11 Å². The van der Waals surface area contributed by atoms with E-state index in [4.69, 9.17) is 4.74 Å². The number of methoxy groups -OCH3 is 1. The Labute approximate surface area is 114 Å². The Bertz CT molecular complexity index is 543. The van der Waals surface area contributed by atoms with Crippen LogP contribution >= 0.6 is 15.9 Å². The Morgan fingerprint density at radius 2 is 1.72 bits per heavy atom. The lowest BCUT2D eigenvalue weighted by Crippen LogP contribution is -2.33. The maximum Gasteiger partial charge on any atom is 0.492 e. The van der Waals surface area contributed by atoms with Gasteiger partial charge in [-0.15, -0.1) is 0 Å². The van der Waals surface area contributed by atoms with Crippen LogP contribution in [-0.2, 0) is 0 Å². The molecule has 0 radical (unpaired) electrons. The second kappa shape index (κ2) is 5.56. The third kappa shape index (κ3) is 2.43. The van der Waals surface area contributed by atoms with Crippen molar-refractivity contribution in [3.63, 3.8) is 0 Å². The van der Waals surface area contributed by atoms with Gasteiger partial charge in [0.1, 0.15) is 5.75 Å².